The molecule has 0 spiro atoms. The average Bonchev–Trinajstić information content (AvgIpc) is 2.38. The number of pyridine rings is 1. The summed E-state index contributed by atoms with van der Waals surface area (Å²) in [4.78, 5) is 28.6. The Morgan fingerprint density at radius 2 is 2.16 bits per heavy atom. The van der Waals surface area contributed by atoms with Crippen molar-refractivity contribution < 1.29 is 19.4 Å². The second kappa shape index (κ2) is 6.69. The number of anilines is 1. The van der Waals surface area contributed by atoms with Gasteiger partial charge in [-0.25, -0.2) is 9.78 Å². The summed E-state index contributed by atoms with van der Waals surface area (Å²) in [6.45, 7) is -0.0930. The van der Waals surface area contributed by atoms with Crippen LogP contribution in [0, 0.1) is 0 Å². The third kappa shape index (κ3) is 4.22. The Bertz CT molecular complexity index is 445. The van der Waals surface area contributed by atoms with Gasteiger partial charge in [-0.05, 0) is 12.1 Å². The van der Waals surface area contributed by atoms with E-state index < -0.39 is 17.9 Å². The van der Waals surface area contributed by atoms with Crippen molar-refractivity contribution in [3.63, 3.8) is 0 Å². The van der Waals surface area contributed by atoms with Crippen LogP contribution in [0.1, 0.15) is 10.4 Å². The lowest BCUT2D eigenvalue weighted by molar-refractivity contribution is -0.140. The van der Waals surface area contributed by atoms with Crippen LogP contribution in [0.2, 0.25) is 0 Å². The lowest BCUT2D eigenvalue weighted by Crippen LogP contribution is -2.43. The molecule has 0 bridgehead atoms. The number of carbonyl (C=O) groups excluding carboxylic acids is 1. The summed E-state index contributed by atoms with van der Waals surface area (Å²) in [7, 11) is 5.04. The maximum atomic E-state index is 11.8. The average molecular weight is 267 g/mol. The van der Waals surface area contributed by atoms with Gasteiger partial charge in [-0.15, -0.1) is 0 Å². The van der Waals surface area contributed by atoms with Gasteiger partial charge in [-0.2, -0.15) is 0 Å². The summed E-state index contributed by atoms with van der Waals surface area (Å²) in [5.41, 5.74) is 0.299. The molecule has 1 aromatic heterocycles. The number of nitrogens with zero attached hydrogens (tertiary/aromatic N) is 2. The molecule has 1 heterocycles. The number of aliphatic carboxylic acids is 1. The quantitative estimate of drug-likeness (QED) is 0.752. The smallest absolute Gasteiger partial charge is 0.328 e. The highest BCUT2D eigenvalue weighted by Gasteiger charge is 2.20. The van der Waals surface area contributed by atoms with Crippen LogP contribution in [-0.2, 0) is 9.53 Å². The third-order valence-electron chi connectivity index (χ3n) is 2.41. The van der Waals surface area contributed by atoms with Crippen molar-refractivity contribution in [3.05, 3.63) is 23.9 Å². The van der Waals surface area contributed by atoms with Gasteiger partial charge in [-0.1, -0.05) is 0 Å². The second-order valence-electron chi connectivity index (χ2n) is 4.12. The van der Waals surface area contributed by atoms with E-state index in [1.165, 1.54) is 13.3 Å². The number of amides is 1. The van der Waals surface area contributed by atoms with Crippen LogP contribution in [0.25, 0.3) is 0 Å². The molecule has 1 rings (SSSR count). The van der Waals surface area contributed by atoms with E-state index in [1.807, 2.05) is 14.1 Å². The molecule has 0 aliphatic carbocycles. The van der Waals surface area contributed by atoms with Crippen molar-refractivity contribution >= 4 is 17.7 Å². The molecule has 19 heavy (non-hydrogen) atoms. The zero-order valence-corrected chi connectivity index (χ0v) is 11.1. The number of rotatable bonds is 6. The van der Waals surface area contributed by atoms with Crippen molar-refractivity contribution in [2.75, 3.05) is 32.7 Å². The molecule has 2 N–H and O–H groups in total. The molecule has 1 atom stereocenters. The van der Waals surface area contributed by atoms with E-state index in [1.54, 1.807) is 17.0 Å². The Morgan fingerprint density at radius 1 is 1.47 bits per heavy atom. The lowest BCUT2D eigenvalue weighted by Gasteiger charge is -2.14. The van der Waals surface area contributed by atoms with Gasteiger partial charge in [0.15, 0.2) is 6.04 Å². The molecule has 7 heteroatoms. The minimum Gasteiger partial charge on any atom is -0.480 e. The molecule has 1 amide bonds. The summed E-state index contributed by atoms with van der Waals surface area (Å²) in [6.07, 6.45) is 1.40. The number of carboxylic acids is 1. The van der Waals surface area contributed by atoms with Crippen LogP contribution < -0.4 is 10.2 Å². The fourth-order valence-corrected chi connectivity index (χ4v) is 1.37. The first kappa shape index (κ1) is 14.9. The molecule has 0 saturated heterocycles. The van der Waals surface area contributed by atoms with Crippen LogP contribution in [0.3, 0.4) is 0 Å². The predicted molar refractivity (Wildman–Crippen MR) is 69.3 cm³/mol. The summed E-state index contributed by atoms with van der Waals surface area (Å²) < 4.78 is 4.73. The van der Waals surface area contributed by atoms with Crippen molar-refractivity contribution in [3.8, 4) is 0 Å². The van der Waals surface area contributed by atoms with Gasteiger partial charge in [0, 0.05) is 27.4 Å². The number of carbonyl (C=O) groups is 2. The highest BCUT2D eigenvalue weighted by atomic mass is 16.5. The van der Waals surface area contributed by atoms with E-state index in [-0.39, 0.29) is 6.61 Å². The Morgan fingerprint density at radius 3 is 2.58 bits per heavy atom. The minimum absolute atomic E-state index is 0.0930. The highest BCUT2D eigenvalue weighted by molar-refractivity contribution is 5.96. The summed E-state index contributed by atoms with van der Waals surface area (Å²) in [5, 5.41) is 11.3. The standard InChI is InChI=1S/C12H17N3O4/c1-15(2)10-5-4-8(6-13-10)11(16)14-9(7-19-3)12(17)18/h4-6,9H,7H2,1-3H3,(H,14,16)(H,17,18). The summed E-state index contributed by atoms with van der Waals surface area (Å²) in [5.74, 6) is -0.932. The molecule has 0 radical (unpaired) electrons. The highest BCUT2D eigenvalue weighted by Crippen LogP contribution is 2.07. The van der Waals surface area contributed by atoms with E-state index in [9.17, 15) is 9.59 Å². The van der Waals surface area contributed by atoms with Gasteiger partial charge in [0.05, 0.1) is 12.2 Å². The first-order valence-corrected chi connectivity index (χ1v) is 5.61. The van der Waals surface area contributed by atoms with Crippen molar-refractivity contribution in [1.82, 2.24) is 10.3 Å². The Kier molecular flexibility index (Phi) is 5.25. The third-order valence-corrected chi connectivity index (χ3v) is 2.41. The fraction of sp³-hybridized carbons (Fsp3) is 0.417. The second-order valence-corrected chi connectivity index (χ2v) is 4.12. The number of hydrogen-bond acceptors (Lipinski definition) is 5. The van der Waals surface area contributed by atoms with Gasteiger partial charge >= 0.3 is 5.97 Å². The number of methoxy groups -OCH3 is 1. The minimum atomic E-state index is -1.15. The van der Waals surface area contributed by atoms with E-state index in [4.69, 9.17) is 9.84 Å². The number of carboxylic acid groups (broad SMARTS) is 1. The number of aromatic nitrogens is 1. The largest absolute Gasteiger partial charge is 0.480 e. The molecular formula is C12H17N3O4. The Hall–Kier alpha value is -2.15. The number of nitrogens with one attached hydrogen (secondary N) is 1. The molecule has 1 aromatic rings. The molecule has 0 aromatic carbocycles. The predicted octanol–water partition coefficient (Wildman–Crippen LogP) is -0.0230. The normalized spacial score (nSPS) is 11.7. The van der Waals surface area contributed by atoms with E-state index >= 15 is 0 Å². The van der Waals surface area contributed by atoms with E-state index in [0.29, 0.717) is 11.4 Å². The van der Waals surface area contributed by atoms with Crippen molar-refractivity contribution in [2.24, 2.45) is 0 Å². The topological polar surface area (TPSA) is 91.8 Å². The van der Waals surface area contributed by atoms with Gasteiger partial charge in [0.2, 0.25) is 0 Å². The van der Waals surface area contributed by atoms with Crippen LogP contribution in [0.5, 0.6) is 0 Å². The lowest BCUT2D eigenvalue weighted by atomic mass is 10.2. The molecule has 7 nitrogen and oxygen atoms in total. The SMILES string of the molecule is COCC(NC(=O)c1ccc(N(C)C)nc1)C(=O)O. The molecular weight excluding hydrogens is 250 g/mol. The van der Waals surface area contributed by atoms with Crippen LogP contribution >= 0.6 is 0 Å². The number of hydrogen-bond donors (Lipinski definition) is 2. The maximum absolute atomic E-state index is 11.8. The zero-order valence-electron chi connectivity index (χ0n) is 11.1. The Labute approximate surface area is 111 Å². The monoisotopic (exact) mass is 267 g/mol. The van der Waals surface area contributed by atoms with E-state index in [0.717, 1.165) is 0 Å². The summed E-state index contributed by atoms with van der Waals surface area (Å²) >= 11 is 0. The van der Waals surface area contributed by atoms with Gasteiger partial charge in [0.1, 0.15) is 5.82 Å². The molecule has 0 saturated carbocycles. The first-order chi connectivity index (χ1) is 8.95. The van der Waals surface area contributed by atoms with Crippen LogP contribution in [-0.4, -0.2) is 55.8 Å². The Balaban J connectivity index is 2.74. The first-order valence-electron chi connectivity index (χ1n) is 5.61. The van der Waals surface area contributed by atoms with Crippen molar-refractivity contribution in [2.45, 2.75) is 6.04 Å². The van der Waals surface area contributed by atoms with Crippen LogP contribution in [0.4, 0.5) is 5.82 Å². The van der Waals surface area contributed by atoms with Crippen molar-refractivity contribution in [1.29, 1.82) is 0 Å². The molecule has 104 valence electrons. The van der Waals surface area contributed by atoms with Gasteiger partial charge in [0.25, 0.3) is 5.91 Å². The molecule has 0 aliphatic heterocycles. The molecule has 0 aliphatic rings. The molecule has 0 fully saturated rings. The van der Waals surface area contributed by atoms with Gasteiger partial charge in [-0.3, -0.25) is 4.79 Å². The zero-order chi connectivity index (χ0) is 14.4. The molecule has 1 unspecified atom stereocenters. The summed E-state index contributed by atoms with van der Waals surface area (Å²) in [6, 6.07) is 2.19. The maximum Gasteiger partial charge on any atom is 0.328 e. The van der Waals surface area contributed by atoms with Crippen LogP contribution in [0.15, 0.2) is 18.3 Å². The fourth-order valence-electron chi connectivity index (χ4n) is 1.37. The van der Waals surface area contributed by atoms with E-state index in [2.05, 4.69) is 10.3 Å². The number of ether oxygens (including phenoxy) is 1. The van der Waals surface area contributed by atoms with Gasteiger partial charge < -0.3 is 20.1 Å².